The molecular formula is C12H19FN2O. The first-order valence-electron chi connectivity index (χ1n) is 5.33. The highest BCUT2D eigenvalue weighted by atomic mass is 19.1. The fraction of sp³-hybridized carbons (Fsp3) is 0.500. The van der Waals surface area contributed by atoms with Crippen molar-refractivity contribution < 1.29 is 9.13 Å². The third kappa shape index (κ3) is 4.59. The van der Waals surface area contributed by atoms with E-state index >= 15 is 0 Å². The van der Waals surface area contributed by atoms with Gasteiger partial charge in [-0.05, 0) is 38.8 Å². The van der Waals surface area contributed by atoms with E-state index in [0.717, 1.165) is 12.1 Å². The first-order valence-corrected chi connectivity index (χ1v) is 5.33. The molecule has 0 saturated carbocycles. The van der Waals surface area contributed by atoms with Gasteiger partial charge in [0.25, 0.3) is 0 Å². The van der Waals surface area contributed by atoms with Gasteiger partial charge >= 0.3 is 0 Å². The molecule has 1 rings (SSSR count). The maximum atomic E-state index is 13.2. The largest absolute Gasteiger partial charge is 0.492 e. The highest BCUT2D eigenvalue weighted by Crippen LogP contribution is 2.16. The minimum atomic E-state index is -0.257. The van der Waals surface area contributed by atoms with E-state index in [-0.39, 0.29) is 5.82 Å². The number of benzene rings is 1. The van der Waals surface area contributed by atoms with Crippen LogP contribution in [0.25, 0.3) is 0 Å². The maximum Gasteiger partial charge on any atom is 0.127 e. The molecular weight excluding hydrogens is 207 g/mol. The Balaban J connectivity index is 2.58. The van der Waals surface area contributed by atoms with Crippen LogP contribution in [-0.2, 0) is 6.54 Å². The second kappa shape index (κ2) is 6.45. The number of hydrogen-bond acceptors (Lipinski definition) is 3. The number of hydrogen-bond donors (Lipinski definition) is 1. The molecule has 0 heterocycles. The van der Waals surface area contributed by atoms with Crippen LogP contribution in [0.3, 0.4) is 0 Å². The standard InChI is InChI=1S/C12H19FN2O/c1-14-9-10-6-11(13)8-12(7-10)16-5-4-15(2)3/h6-8,14H,4-5,9H2,1-3H3. The quantitative estimate of drug-likeness (QED) is 0.795. The van der Waals surface area contributed by atoms with Crippen molar-refractivity contribution in [1.82, 2.24) is 10.2 Å². The Morgan fingerprint density at radius 2 is 2.06 bits per heavy atom. The van der Waals surface area contributed by atoms with Crippen molar-refractivity contribution in [2.75, 3.05) is 34.3 Å². The Kier molecular flexibility index (Phi) is 5.22. The van der Waals surface area contributed by atoms with Crippen LogP contribution in [0.4, 0.5) is 4.39 Å². The second-order valence-corrected chi connectivity index (χ2v) is 3.98. The predicted molar refractivity (Wildman–Crippen MR) is 63.2 cm³/mol. The Hall–Kier alpha value is -1.13. The van der Waals surface area contributed by atoms with Crippen LogP contribution in [0, 0.1) is 5.82 Å². The van der Waals surface area contributed by atoms with E-state index in [2.05, 4.69) is 5.32 Å². The summed E-state index contributed by atoms with van der Waals surface area (Å²) in [5.74, 6) is 0.333. The minimum absolute atomic E-state index is 0.257. The topological polar surface area (TPSA) is 24.5 Å². The Morgan fingerprint density at radius 3 is 2.69 bits per heavy atom. The number of ether oxygens (including phenoxy) is 1. The van der Waals surface area contributed by atoms with Crippen molar-refractivity contribution >= 4 is 0 Å². The lowest BCUT2D eigenvalue weighted by atomic mass is 10.2. The minimum Gasteiger partial charge on any atom is -0.492 e. The van der Waals surface area contributed by atoms with Crippen LogP contribution >= 0.6 is 0 Å². The van der Waals surface area contributed by atoms with E-state index in [4.69, 9.17) is 4.74 Å². The molecule has 90 valence electrons. The molecule has 1 aromatic rings. The van der Waals surface area contributed by atoms with Gasteiger partial charge in [0.2, 0.25) is 0 Å². The fourth-order valence-corrected chi connectivity index (χ4v) is 1.36. The molecule has 0 radical (unpaired) electrons. The van der Waals surface area contributed by atoms with Gasteiger partial charge in [-0.15, -0.1) is 0 Å². The molecule has 1 N–H and O–H groups in total. The number of likely N-dealkylation sites (N-methyl/N-ethyl adjacent to an activating group) is 1. The van der Waals surface area contributed by atoms with Crippen LogP contribution in [0.2, 0.25) is 0 Å². The summed E-state index contributed by atoms with van der Waals surface area (Å²) in [6.07, 6.45) is 0. The summed E-state index contributed by atoms with van der Waals surface area (Å²) in [6, 6.07) is 4.78. The second-order valence-electron chi connectivity index (χ2n) is 3.98. The van der Waals surface area contributed by atoms with Gasteiger partial charge < -0.3 is 15.0 Å². The summed E-state index contributed by atoms with van der Waals surface area (Å²) in [5.41, 5.74) is 0.891. The normalized spacial score (nSPS) is 10.8. The Morgan fingerprint density at radius 1 is 1.31 bits per heavy atom. The smallest absolute Gasteiger partial charge is 0.127 e. The molecule has 0 bridgehead atoms. The molecule has 0 atom stereocenters. The average Bonchev–Trinajstić information content (AvgIpc) is 2.16. The summed E-state index contributed by atoms with van der Waals surface area (Å²) in [5, 5.41) is 2.98. The van der Waals surface area contributed by atoms with Gasteiger partial charge in [-0.2, -0.15) is 0 Å². The predicted octanol–water partition coefficient (Wildman–Crippen LogP) is 1.49. The van der Waals surface area contributed by atoms with Crippen molar-refractivity contribution in [3.05, 3.63) is 29.6 Å². The molecule has 0 spiro atoms. The molecule has 16 heavy (non-hydrogen) atoms. The zero-order valence-corrected chi connectivity index (χ0v) is 10.1. The molecule has 0 aliphatic heterocycles. The summed E-state index contributed by atoms with van der Waals surface area (Å²) < 4.78 is 18.7. The number of rotatable bonds is 6. The Bertz CT molecular complexity index is 329. The lowest BCUT2D eigenvalue weighted by Crippen LogP contribution is -2.19. The Labute approximate surface area is 96.2 Å². The van der Waals surface area contributed by atoms with Crippen LogP contribution in [0.1, 0.15) is 5.56 Å². The van der Waals surface area contributed by atoms with Crippen molar-refractivity contribution in [3.63, 3.8) is 0 Å². The van der Waals surface area contributed by atoms with Gasteiger partial charge in [-0.1, -0.05) is 0 Å². The molecule has 4 heteroatoms. The van der Waals surface area contributed by atoms with E-state index in [9.17, 15) is 4.39 Å². The summed E-state index contributed by atoms with van der Waals surface area (Å²) in [7, 11) is 5.78. The maximum absolute atomic E-state index is 13.2. The summed E-state index contributed by atoms with van der Waals surface area (Å²) in [4.78, 5) is 2.02. The first-order chi connectivity index (χ1) is 7.61. The molecule has 1 aromatic carbocycles. The molecule has 0 aliphatic rings. The van der Waals surface area contributed by atoms with Crippen molar-refractivity contribution in [2.24, 2.45) is 0 Å². The van der Waals surface area contributed by atoms with Gasteiger partial charge in [0, 0.05) is 19.2 Å². The number of nitrogens with one attached hydrogen (secondary N) is 1. The summed E-state index contributed by atoms with van der Waals surface area (Å²) in [6.45, 7) is 2.02. The van der Waals surface area contributed by atoms with Gasteiger partial charge in [-0.25, -0.2) is 4.39 Å². The van der Waals surface area contributed by atoms with E-state index < -0.39 is 0 Å². The fourth-order valence-electron chi connectivity index (χ4n) is 1.36. The average molecular weight is 226 g/mol. The first kappa shape index (κ1) is 12.9. The van der Waals surface area contributed by atoms with Crippen molar-refractivity contribution in [2.45, 2.75) is 6.54 Å². The molecule has 0 amide bonds. The van der Waals surface area contributed by atoms with Crippen molar-refractivity contribution in [1.29, 1.82) is 0 Å². The SMILES string of the molecule is CNCc1cc(F)cc(OCCN(C)C)c1. The molecule has 0 fully saturated rings. The third-order valence-corrected chi connectivity index (χ3v) is 2.12. The molecule has 0 aromatic heterocycles. The molecule has 0 saturated heterocycles. The monoisotopic (exact) mass is 226 g/mol. The van der Waals surface area contributed by atoms with Crippen LogP contribution in [0.15, 0.2) is 18.2 Å². The van der Waals surface area contributed by atoms with E-state index in [1.54, 1.807) is 0 Å². The highest BCUT2D eigenvalue weighted by Gasteiger charge is 2.01. The molecule has 0 unspecified atom stereocenters. The van der Waals surface area contributed by atoms with Gasteiger partial charge in [0.05, 0.1) is 0 Å². The van der Waals surface area contributed by atoms with Gasteiger partial charge in [-0.3, -0.25) is 0 Å². The summed E-state index contributed by atoms with van der Waals surface area (Å²) >= 11 is 0. The van der Waals surface area contributed by atoms with Crippen LogP contribution < -0.4 is 10.1 Å². The van der Waals surface area contributed by atoms with Crippen LogP contribution in [-0.4, -0.2) is 39.2 Å². The lowest BCUT2D eigenvalue weighted by Gasteiger charge is -2.12. The van der Waals surface area contributed by atoms with Gasteiger partial charge in [0.15, 0.2) is 0 Å². The zero-order valence-electron chi connectivity index (χ0n) is 10.1. The highest BCUT2D eigenvalue weighted by molar-refractivity contribution is 5.29. The molecule has 3 nitrogen and oxygen atoms in total. The molecule has 0 aliphatic carbocycles. The van der Waals surface area contributed by atoms with E-state index in [0.29, 0.717) is 18.9 Å². The number of halogens is 1. The number of nitrogens with zero attached hydrogens (tertiary/aromatic N) is 1. The third-order valence-electron chi connectivity index (χ3n) is 2.12. The van der Waals surface area contributed by atoms with Crippen molar-refractivity contribution in [3.8, 4) is 5.75 Å². The van der Waals surface area contributed by atoms with Gasteiger partial charge in [0.1, 0.15) is 18.2 Å². The lowest BCUT2D eigenvalue weighted by molar-refractivity contribution is 0.260. The van der Waals surface area contributed by atoms with E-state index in [1.807, 2.05) is 32.1 Å². The zero-order chi connectivity index (χ0) is 12.0. The van der Waals surface area contributed by atoms with Crippen LogP contribution in [0.5, 0.6) is 5.75 Å². The van der Waals surface area contributed by atoms with E-state index in [1.165, 1.54) is 12.1 Å².